The number of hydrogen-bond acceptors (Lipinski definition) is 4. The molecule has 2 aromatic carbocycles. The highest BCUT2D eigenvalue weighted by molar-refractivity contribution is 6.09. The van der Waals surface area contributed by atoms with Crippen molar-refractivity contribution in [1.82, 2.24) is 19.6 Å². The molecule has 1 aliphatic heterocycles. The molecule has 1 aliphatic rings. The van der Waals surface area contributed by atoms with Gasteiger partial charge >= 0.3 is 0 Å². The summed E-state index contributed by atoms with van der Waals surface area (Å²) >= 11 is 0. The Hall–Kier alpha value is -3.74. The van der Waals surface area contributed by atoms with Crippen molar-refractivity contribution in [2.75, 3.05) is 13.6 Å². The topological polar surface area (TPSA) is 75.5 Å². The predicted molar refractivity (Wildman–Crippen MR) is 111 cm³/mol. The average Bonchev–Trinajstić information content (AvgIpc) is 3.22. The molecule has 30 heavy (non-hydrogen) atoms. The molecular weight excluding hydrogens is 380 g/mol. The Kier molecular flexibility index (Phi) is 5.43. The van der Waals surface area contributed by atoms with Crippen LogP contribution in [0, 0.1) is 0 Å². The summed E-state index contributed by atoms with van der Waals surface area (Å²) in [7, 11) is 1.71. The molecule has 1 aromatic heterocycles. The Morgan fingerprint density at radius 2 is 1.80 bits per heavy atom. The fourth-order valence-corrected chi connectivity index (χ4v) is 3.55. The van der Waals surface area contributed by atoms with E-state index >= 15 is 0 Å². The molecule has 0 atom stereocenters. The lowest BCUT2D eigenvalue weighted by Crippen LogP contribution is -2.44. The van der Waals surface area contributed by atoms with Gasteiger partial charge in [-0.3, -0.25) is 19.3 Å². The molecule has 0 spiro atoms. The average molecular weight is 402 g/mol. The van der Waals surface area contributed by atoms with Crippen LogP contribution in [0.5, 0.6) is 0 Å². The summed E-state index contributed by atoms with van der Waals surface area (Å²) in [6.45, 7) is 0.481. The van der Waals surface area contributed by atoms with E-state index in [-0.39, 0.29) is 37.1 Å². The number of benzene rings is 2. The second kappa shape index (κ2) is 8.32. The third-order valence-electron chi connectivity index (χ3n) is 5.19. The molecule has 0 fully saturated rings. The van der Waals surface area contributed by atoms with Crippen molar-refractivity contribution in [1.29, 1.82) is 0 Å². The fourth-order valence-electron chi connectivity index (χ4n) is 3.55. The number of rotatable bonds is 6. The summed E-state index contributed by atoms with van der Waals surface area (Å²) in [5.74, 6) is -0.735. The van der Waals surface area contributed by atoms with Crippen molar-refractivity contribution >= 4 is 17.7 Å². The maximum absolute atomic E-state index is 12.6. The van der Waals surface area contributed by atoms with Crippen molar-refractivity contribution < 1.29 is 14.4 Å². The highest BCUT2D eigenvalue weighted by Gasteiger charge is 2.30. The van der Waals surface area contributed by atoms with Crippen LogP contribution in [-0.4, -0.2) is 50.9 Å². The minimum atomic E-state index is -0.332. The zero-order chi connectivity index (χ0) is 21.1. The van der Waals surface area contributed by atoms with Crippen LogP contribution in [0.15, 0.2) is 67.0 Å². The molecule has 0 bridgehead atoms. The largest absolute Gasteiger partial charge is 0.341 e. The lowest BCUT2D eigenvalue weighted by molar-refractivity contribution is -0.132. The molecular formula is C23H22N4O3. The Morgan fingerprint density at radius 1 is 1.07 bits per heavy atom. The zero-order valence-electron chi connectivity index (χ0n) is 16.7. The smallest absolute Gasteiger partial charge is 0.260 e. The summed E-state index contributed by atoms with van der Waals surface area (Å²) in [4.78, 5) is 40.3. The first kappa shape index (κ1) is 19.6. The SMILES string of the molecule is CN(Cc1cnn(-c2ccccc2)c1)C(=O)CCN1C(=O)Cc2ccccc2C1=O. The van der Waals surface area contributed by atoms with Crippen molar-refractivity contribution in [2.45, 2.75) is 19.4 Å². The van der Waals surface area contributed by atoms with Gasteiger partial charge in [0.25, 0.3) is 5.91 Å². The number of amides is 3. The molecule has 0 unspecified atom stereocenters. The van der Waals surface area contributed by atoms with Gasteiger partial charge in [-0.2, -0.15) is 5.10 Å². The number of carbonyl (C=O) groups is 3. The number of carbonyl (C=O) groups excluding carboxylic acids is 3. The van der Waals surface area contributed by atoms with Crippen molar-refractivity contribution in [3.05, 3.63) is 83.7 Å². The fraction of sp³-hybridized carbons (Fsp3) is 0.217. The van der Waals surface area contributed by atoms with Crippen molar-refractivity contribution in [3.63, 3.8) is 0 Å². The first-order chi connectivity index (χ1) is 14.5. The lowest BCUT2D eigenvalue weighted by Gasteiger charge is -2.27. The van der Waals surface area contributed by atoms with Crippen LogP contribution in [-0.2, 0) is 22.6 Å². The maximum atomic E-state index is 12.6. The molecule has 0 N–H and O–H groups in total. The van der Waals surface area contributed by atoms with Crippen LogP contribution >= 0.6 is 0 Å². The van der Waals surface area contributed by atoms with Crippen LogP contribution < -0.4 is 0 Å². The number of para-hydroxylation sites is 1. The summed E-state index contributed by atoms with van der Waals surface area (Å²) in [6, 6.07) is 16.8. The minimum Gasteiger partial charge on any atom is -0.341 e. The molecule has 0 aliphatic carbocycles. The van der Waals surface area contributed by atoms with E-state index in [1.165, 1.54) is 4.90 Å². The molecule has 2 heterocycles. The van der Waals surface area contributed by atoms with Gasteiger partial charge in [0.1, 0.15) is 0 Å². The quantitative estimate of drug-likeness (QED) is 0.594. The van der Waals surface area contributed by atoms with Gasteiger partial charge in [-0.25, -0.2) is 4.68 Å². The Morgan fingerprint density at radius 3 is 2.60 bits per heavy atom. The summed E-state index contributed by atoms with van der Waals surface area (Å²) < 4.78 is 1.76. The molecule has 4 rings (SSSR count). The van der Waals surface area contributed by atoms with E-state index < -0.39 is 0 Å². The van der Waals surface area contributed by atoms with Crippen LogP contribution in [0.2, 0.25) is 0 Å². The van der Waals surface area contributed by atoms with E-state index in [9.17, 15) is 14.4 Å². The summed E-state index contributed by atoms with van der Waals surface area (Å²) in [6.07, 6.45) is 3.88. The molecule has 3 aromatic rings. The normalized spacial score (nSPS) is 13.3. The van der Waals surface area contributed by atoms with E-state index in [4.69, 9.17) is 0 Å². The van der Waals surface area contributed by atoms with Gasteiger partial charge < -0.3 is 4.90 Å². The van der Waals surface area contributed by atoms with Gasteiger partial charge in [-0.1, -0.05) is 36.4 Å². The number of nitrogens with zero attached hydrogens (tertiary/aromatic N) is 4. The van der Waals surface area contributed by atoms with Crippen LogP contribution in [0.4, 0.5) is 0 Å². The minimum absolute atomic E-state index is 0.0818. The molecule has 0 saturated heterocycles. The van der Waals surface area contributed by atoms with Gasteiger partial charge in [0.2, 0.25) is 11.8 Å². The van der Waals surface area contributed by atoms with Crippen molar-refractivity contribution in [2.24, 2.45) is 0 Å². The monoisotopic (exact) mass is 402 g/mol. The van der Waals surface area contributed by atoms with Gasteiger partial charge in [0.15, 0.2) is 0 Å². The van der Waals surface area contributed by atoms with E-state index in [1.54, 1.807) is 41.0 Å². The number of hydrogen-bond donors (Lipinski definition) is 0. The highest BCUT2D eigenvalue weighted by Crippen LogP contribution is 2.20. The van der Waals surface area contributed by atoms with E-state index in [0.717, 1.165) is 16.8 Å². The highest BCUT2D eigenvalue weighted by atomic mass is 16.2. The van der Waals surface area contributed by atoms with Gasteiger partial charge in [-0.05, 0) is 23.8 Å². The maximum Gasteiger partial charge on any atom is 0.260 e. The molecule has 7 heteroatoms. The van der Waals surface area contributed by atoms with Crippen LogP contribution in [0.3, 0.4) is 0 Å². The number of aromatic nitrogens is 2. The van der Waals surface area contributed by atoms with E-state index in [0.29, 0.717) is 12.1 Å². The molecule has 152 valence electrons. The molecule has 0 saturated carbocycles. The standard InChI is InChI=1S/C23H22N4O3/c1-25(15-17-14-24-27(16-17)19-8-3-2-4-9-19)21(28)11-12-26-22(29)13-18-7-5-6-10-20(18)23(26)30/h2-10,14,16H,11-13,15H2,1H3. The predicted octanol–water partition coefficient (Wildman–Crippen LogP) is 2.45. The van der Waals surface area contributed by atoms with E-state index in [2.05, 4.69) is 5.10 Å². The molecule has 3 amide bonds. The second-order valence-corrected chi connectivity index (χ2v) is 7.31. The first-order valence-corrected chi connectivity index (χ1v) is 9.78. The first-order valence-electron chi connectivity index (χ1n) is 9.78. The third-order valence-corrected chi connectivity index (χ3v) is 5.19. The number of fused-ring (bicyclic) bond motifs is 1. The second-order valence-electron chi connectivity index (χ2n) is 7.31. The Labute approximate surface area is 174 Å². The Balaban J connectivity index is 1.35. The Bertz CT molecular complexity index is 1090. The van der Waals surface area contributed by atoms with E-state index in [1.807, 2.05) is 42.6 Å². The molecule has 7 nitrogen and oxygen atoms in total. The molecule has 0 radical (unpaired) electrons. The van der Waals surface area contributed by atoms with Gasteiger partial charge in [-0.15, -0.1) is 0 Å². The van der Waals surface area contributed by atoms with Gasteiger partial charge in [0.05, 0.1) is 18.3 Å². The van der Waals surface area contributed by atoms with Crippen LogP contribution in [0.25, 0.3) is 5.69 Å². The van der Waals surface area contributed by atoms with Crippen LogP contribution in [0.1, 0.15) is 27.9 Å². The summed E-state index contributed by atoms with van der Waals surface area (Å²) in [5, 5.41) is 4.34. The number of imide groups is 1. The third kappa shape index (κ3) is 4.00. The van der Waals surface area contributed by atoms with Gasteiger partial charge in [0, 0.05) is 43.9 Å². The zero-order valence-corrected chi connectivity index (χ0v) is 16.7. The van der Waals surface area contributed by atoms with Crippen molar-refractivity contribution in [3.8, 4) is 5.69 Å². The lowest BCUT2D eigenvalue weighted by atomic mass is 9.98. The summed E-state index contributed by atoms with van der Waals surface area (Å²) in [5.41, 5.74) is 3.11.